The average Bonchev–Trinajstić information content (AvgIpc) is 3.12. The first-order chi connectivity index (χ1) is 12.9. The molecule has 27 heavy (non-hydrogen) atoms. The Morgan fingerprint density at radius 1 is 1.15 bits per heavy atom. The first kappa shape index (κ1) is 19.6. The fourth-order valence-electron chi connectivity index (χ4n) is 2.72. The van der Waals surface area contributed by atoms with Gasteiger partial charge in [0, 0.05) is 18.5 Å². The molecule has 0 aromatic carbocycles. The molecule has 0 atom stereocenters. The highest BCUT2D eigenvalue weighted by atomic mass is 35.5. The molecular weight excluding hydrogens is 403 g/mol. The minimum Gasteiger partial charge on any atom is -0.486 e. The SMILES string of the molecule is O=C(Nc1c(Cl)cncc1Cl)c1cc(OC2CCCC2)c(OC(F)F)cn1. The lowest BCUT2D eigenvalue weighted by molar-refractivity contribution is -0.0523. The molecule has 10 heteroatoms. The van der Waals surface area contributed by atoms with E-state index in [1.54, 1.807) is 0 Å². The zero-order chi connectivity index (χ0) is 19.4. The Kier molecular flexibility index (Phi) is 6.28. The van der Waals surface area contributed by atoms with Crippen molar-refractivity contribution in [3.8, 4) is 11.5 Å². The molecule has 0 unspecified atom stereocenters. The molecule has 6 nitrogen and oxygen atoms in total. The van der Waals surface area contributed by atoms with Crippen molar-refractivity contribution in [2.75, 3.05) is 5.32 Å². The van der Waals surface area contributed by atoms with Crippen molar-refractivity contribution < 1.29 is 23.0 Å². The number of rotatable bonds is 6. The summed E-state index contributed by atoms with van der Waals surface area (Å²) in [6, 6.07) is 1.26. The Labute approximate surface area is 163 Å². The van der Waals surface area contributed by atoms with Crippen LogP contribution in [0.2, 0.25) is 10.0 Å². The van der Waals surface area contributed by atoms with Gasteiger partial charge in [0.1, 0.15) is 5.69 Å². The van der Waals surface area contributed by atoms with Gasteiger partial charge >= 0.3 is 6.61 Å². The van der Waals surface area contributed by atoms with Gasteiger partial charge in [-0.15, -0.1) is 0 Å². The van der Waals surface area contributed by atoms with Gasteiger partial charge in [0.15, 0.2) is 11.5 Å². The van der Waals surface area contributed by atoms with Gasteiger partial charge in [-0.1, -0.05) is 23.2 Å². The molecule has 1 amide bonds. The number of anilines is 1. The topological polar surface area (TPSA) is 73.3 Å². The number of amides is 1. The van der Waals surface area contributed by atoms with Gasteiger partial charge in [-0.3, -0.25) is 9.78 Å². The normalized spacial score (nSPS) is 14.4. The lowest BCUT2D eigenvalue weighted by Crippen LogP contribution is -2.17. The van der Waals surface area contributed by atoms with Crippen LogP contribution in [0, 0.1) is 0 Å². The maximum absolute atomic E-state index is 12.6. The van der Waals surface area contributed by atoms with E-state index in [0.717, 1.165) is 31.9 Å². The van der Waals surface area contributed by atoms with E-state index in [1.165, 1.54) is 18.5 Å². The van der Waals surface area contributed by atoms with E-state index < -0.39 is 12.5 Å². The molecule has 1 aliphatic carbocycles. The van der Waals surface area contributed by atoms with E-state index >= 15 is 0 Å². The third-order valence-corrected chi connectivity index (χ3v) is 4.54. The van der Waals surface area contributed by atoms with Crippen molar-refractivity contribution in [3.05, 3.63) is 40.4 Å². The number of pyridine rings is 2. The second-order valence-corrected chi connectivity index (χ2v) is 6.67. The molecule has 2 heterocycles. The van der Waals surface area contributed by atoms with Gasteiger partial charge < -0.3 is 14.8 Å². The lowest BCUT2D eigenvalue weighted by atomic mass is 10.2. The lowest BCUT2D eigenvalue weighted by Gasteiger charge is -2.17. The molecule has 2 aromatic heterocycles. The van der Waals surface area contributed by atoms with Crippen molar-refractivity contribution in [1.29, 1.82) is 0 Å². The highest BCUT2D eigenvalue weighted by Gasteiger charge is 2.22. The molecule has 144 valence electrons. The van der Waals surface area contributed by atoms with Crippen LogP contribution >= 0.6 is 23.2 Å². The van der Waals surface area contributed by atoms with Crippen LogP contribution in [-0.4, -0.2) is 28.6 Å². The number of nitrogens with one attached hydrogen (secondary N) is 1. The summed E-state index contributed by atoms with van der Waals surface area (Å²) >= 11 is 12.0. The number of aromatic nitrogens is 2. The molecule has 1 N–H and O–H groups in total. The number of nitrogens with zero attached hydrogens (tertiary/aromatic N) is 2. The number of hydrogen-bond acceptors (Lipinski definition) is 5. The van der Waals surface area contributed by atoms with Gasteiger partial charge in [0.05, 0.1) is 28.0 Å². The summed E-state index contributed by atoms with van der Waals surface area (Å²) in [5.74, 6) is -0.826. The Balaban J connectivity index is 1.84. The van der Waals surface area contributed by atoms with Gasteiger partial charge in [-0.2, -0.15) is 8.78 Å². The zero-order valence-corrected chi connectivity index (χ0v) is 15.4. The van der Waals surface area contributed by atoms with Crippen molar-refractivity contribution >= 4 is 34.8 Å². The predicted octanol–water partition coefficient (Wildman–Crippen LogP) is 4.96. The van der Waals surface area contributed by atoms with Gasteiger partial charge in [-0.05, 0) is 25.7 Å². The van der Waals surface area contributed by atoms with Gasteiger partial charge in [0.2, 0.25) is 0 Å². The van der Waals surface area contributed by atoms with Crippen LogP contribution in [0.3, 0.4) is 0 Å². The highest BCUT2D eigenvalue weighted by Crippen LogP contribution is 2.33. The van der Waals surface area contributed by atoms with E-state index in [1.807, 2.05) is 0 Å². The van der Waals surface area contributed by atoms with Crippen LogP contribution in [0.5, 0.6) is 11.5 Å². The molecule has 3 rings (SSSR count). The summed E-state index contributed by atoms with van der Waals surface area (Å²) in [6.45, 7) is -3.04. The number of carbonyl (C=O) groups is 1. The summed E-state index contributed by atoms with van der Waals surface area (Å²) in [5, 5.41) is 2.82. The number of ether oxygens (including phenoxy) is 2. The molecule has 0 radical (unpaired) electrons. The molecule has 2 aromatic rings. The third-order valence-electron chi connectivity index (χ3n) is 3.97. The van der Waals surface area contributed by atoms with E-state index in [2.05, 4.69) is 20.0 Å². The molecule has 0 bridgehead atoms. The van der Waals surface area contributed by atoms with Gasteiger partial charge in [0.25, 0.3) is 5.91 Å². The zero-order valence-electron chi connectivity index (χ0n) is 13.9. The molecular formula is C17H15Cl2F2N3O3. The van der Waals surface area contributed by atoms with Crippen LogP contribution in [0.4, 0.5) is 14.5 Å². The fraction of sp³-hybridized carbons (Fsp3) is 0.353. The number of carbonyl (C=O) groups excluding carboxylic acids is 1. The highest BCUT2D eigenvalue weighted by molar-refractivity contribution is 6.39. The molecule has 0 spiro atoms. The minimum atomic E-state index is -3.04. The number of hydrogen-bond donors (Lipinski definition) is 1. The van der Waals surface area contributed by atoms with E-state index in [0.29, 0.717) is 0 Å². The summed E-state index contributed by atoms with van der Waals surface area (Å²) in [5.41, 5.74) is 0.111. The number of alkyl halides is 2. The Bertz CT molecular complexity index is 813. The molecule has 1 saturated carbocycles. The second-order valence-electron chi connectivity index (χ2n) is 5.85. The number of halogens is 4. The van der Waals surface area contributed by atoms with Crippen molar-refractivity contribution in [2.45, 2.75) is 38.4 Å². The quantitative estimate of drug-likeness (QED) is 0.718. The van der Waals surface area contributed by atoms with E-state index in [4.69, 9.17) is 27.9 Å². The summed E-state index contributed by atoms with van der Waals surface area (Å²) < 4.78 is 35.5. The largest absolute Gasteiger partial charge is 0.486 e. The maximum Gasteiger partial charge on any atom is 0.387 e. The van der Waals surface area contributed by atoms with Crippen molar-refractivity contribution in [1.82, 2.24) is 9.97 Å². The van der Waals surface area contributed by atoms with Gasteiger partial charge in [-0.25, -0.2) is 4.98 Å². The predicted molar refractivity (Wildman–Crippen MR) is 96.0 cm³/mol. The van der Waals surface area contributed by atoms with Crippen molar-refractivity contribution in [3.63, 3.8) is 0 Å². The van der Waals surface area contributed by atoms with E-state index in [-0.39, 0.29) is 39.0 Å². The first-order valence-corrected chi connectivity index (χ1v) is 8.91. The fourth-order valence-corrected chi connectivity index (χ4v) is 3.18. The van der Waals surface area contributed by atoms with Crippen LogP contribution in [0.15, 0.2) is 24.7 Å². The molecule has 0 saturated heterocycles. The average molecular weight is 418 g/mol. The van der Waals surface area contributed by atoms with Crippen LogP contribution < -0.4 is 14.8 Å². The van der Waals surface area contributed by atoms with Crippen molar-refractivity contribution in [2.24, 2.45) is 0 Å². The summed E-state index contributed by atoms with van der Waals surface area (Å²) in [6.07, 6.45) is 7.16. The van der Waals surface area contributed by atoms with Crippen LogP contribution in [0.25, 0.3) is 0 Å². The third kappa shape index (κ3) is 4.95. The smallest absolute Gasteiger partial charge is 0.387 e. The molecule has 1 fully saturated rings. The molecule has 0 aliphatic heterocycles. The Hall–Kier alpha value is -2.19. The Morgan fingerprint density at radius 2 is 1.81 bits per heavy atom. The van der Waals surface area contributed by atoms with Crippen LogP contribution in [0.1, 0.15) is 36.2 Å². The first-order valence-electron chi connectivity index (χ1n) is 8.16. The second kappa shape index (κ2) is 8.67. The summed E-state index contributed by atoms with van der Waals surface area (Å²) in [7, 11) is 0. The Morgan fingerprint density at radius 3 is 2.44 bits per heavy atom. The monoisotopic (exact) mass is 417 g/mol. The van der Waals surface area contributed by atoms with Crippen LogP contribution in [-0.2, 0) is 0 Å². The standard InChI is InChI=1S/C17H15Cl2F2N3O3/c18-10-6-22-7-11(19)15(10)24-16(25)12-5-13(26-9-3-1-2-4-9)14(8-23-12)27-17(20)21/h5-9,17H,1-4H2,(H,22,24,25). The minimum absolute atomic E-state index is 0.0364. The van der Waals surface area contributed by atoms with E-state index in [9.17, 15) is 13.6 Å². The summed E-state index contributed by atoms with van der Waals surface area (Å²) in [4.78, 5) is 20.2. The molecule has 1 aliphatic rings. The maximum atomic E-state index is 12.6.